The van der Waals surface area contributed by atoms with Gasteiger partial charge in [-0.1, -0.05) is 0 Å². The Hall–Kier alpha value is -3.03. The molecule has 1 aliphatic heterocycles. The van der Waals surface area contributed by atoms with Gasteiger partial charge in [0.2, 0.25) is 5.91 Å². The molecule has 6 N–H and O–H groups in total. The Morgan fingerprint density at radius 3 is 2.61 bits per heavy atom. The van der Waals surface area contributed by atoms with Crippen LogP contribution in [0.1, 0.15) is 18.9 Å². The number of amides is 1. The molecule has 12 heteroatoms. The Bertz CT molecular complexity index is 1100. The summed E-state index contributed by atoms with van der Waals surface area (Å²) in [6.07, 6.45) is -7.56. The highest BCUT2D eigenvalue weighted by atomic mass is 16.7. The molecule has 1 saturated heterocycles. The van der Waals surface area contributed by atoms with Gasteiger partial charge in [0.25, 0.3) is 0 Å². The predicted molar refractivity (Wildman–Crippen MR) is 110 cm³/mol. The number of aryl methyl sites for hydroxylation is 1. The third-order valence-corrected chi connectivity index (χ3v) is 5.39. The van der Waals surface area contributed by atoms with E-state index in [2.05, 4.69) is 5.32 Å². The number of carbonyl (C=O) groups is 2. The minimum Gasteiger partial charge on any atom is -0.476 e. The fourth-order valence-corrected chi connectivity index (χ4v) is 3.79. The van der Waals surface area contributed by atoms with Gasteiger partial charge in [-0.25, -0.2) is 9.59 Å². The first-order valence-electron chi connectivity index (χ1n) is 10.0. The lowest BCUT2D eigenvalue weighted by molar-refractivity contribution is -0.284. The van der Waals surface area contributed by atoms with E-state index < -0.39 is 66.8 Å². The molecule has 1 fully saturated rings. The second-order valence-corrected chi connectivity index (χ2v) is 7.89. The molecule has 0 radical (unpaired) electrons. The third kappa shape index (κ3) is 4.99. The Kier molecular flexibility index (Phi) is 7.05. The summed E-state index contributed by atoms with van der Waals surface area (Å²) >= 11 is 0. The lowest BCUT2D eigenvalue weighted by Crippen LogP contribution is -2.68. The lowest BCUT2D eigenvalue weighted by Gasteiger charge is -2.46. The fraction of sp³-hybridized carbons (Fsp3) is 0.476. The van der Waals surface area contributed by atoms with E-state index >= 15 is 0 Å². The molecule has 3 unspecified atom stereocenters. The highest BCUT2D eigenvalue weighted by Gasteiger charge is 2.56. The topological polar surface area (TPSA) is 196 Å². The Morgan fingerprint density at radius 1 is 1.30 bits per heavy atom. The molecule has 2 heterocycles. The number of aliphatic hydroxyl groups excluding tert-OH is 4. The molecular weight excluding hydrogens is 442 g/mol. The Morgan fingerprint density at radius 2 is 2.00 bits per heavy atom. The van der Waals surface area contributed by atoms with Crippen molar-refractivity contribution in [3.63, 3.8) is 0 Å². The molecule has 1 aliphatic rings. The van der Waals surface area contributed by atoms with Gasteiger partial charge in [0.15, 0.2) is 0 Å². The van der Waals surface area contributed by atoms with Gasteiger partial charge in [0, 0.05) is 24.4 Å². The van der Waals surface area contributed by atoms with E-state index in [1.165, 1.54) is 18.2 Å². The van der Waals surface area contributed by atoms with Crippen LogP contribution < -0.4 is 15.7 Å². The van der Waals surface area contributed by atoms with Crippen LogP contribution in [0.5, 0.6) is 5.75 Å². The van der Waals surface area contributed by atoms with Gasteiger partial charge < -0.3 is 44.7 Å². The van der Waals surface area contributed by atoms with Crippen LogP contribution in [0.25, 0.3) is 11.0 Å². The second kappa shape index (κ2) is 9.45. The largest absolute Gasteiger partial charge is 0.476 e. The van der Waals surface area contributed by atoms with Gasteiger partial charge in [0.05, 0.1) is 25.2 Å². The van der Waals surface area contributed by atoms with E-state index in [1.54, 1.807) is 13.0 Å². The van der Waals surface area contributed by atoms with E-state index in [-0.39, 0.29) is 11.3 Å². The zero-order valence-electron chi connectivity index (χ0n) is 17.8. The maximum Gasteiger partial charge on any atom is 0.377 e. The molecule has 6 atom stereocenters. The van der Waals surface area contributed by atoms with Crippen LogP contribution in [0.3, 0.4) is 0 Å². The fourth-order valence-electron chi connectivity index (χ4n) is 3.79. The smallest absolute Gasteiger partial charge is 0.377 e. The van der Waals surface area contributed by atoms with E-state index in [4.69, 9.17) is 13.9 Å². The number of carbonyl (C=O) groups excluding carboxylic acids is 1. The molecule has 0 spiro atoms. The molecular formula is C21H25NO11. The van der Waals surface area contributed by atoms with E-state index in [0.29, 0.717) is 10.9 Å². The van der Waals surface area contributed by atoms with Crippen LogP contribution in [0, 0.1) is 6.92 Å². The quantitative estimate of drug-likeness (QED) is 0.263. The average molecular weight is 467 g/mol. The lowest BCUT2D eigenvalue weighted by atomic mass is 9.88. The number of rotatable bonds is 7. The maximum absolute atomic E-state index is 12.2. The molecule has 3 rings (SSSR count). The highest BCUT2D eigenvalue weighted by Crippen LogP contribution is 2.35. The van der Waals surface area contributed by atoms with Crippen LogP contribution in [0.4, 0.5) is 0 Å². The third-order valence-electron chi connectivity index (χ3n) is 5.39. The van der Waals surface area contributed by atoms with Crippen LogP contribution >= 0.6 is 0 Å². The van der Waals surface area contributed by atoms with E-state index in [0.717, 1.165) is 6.92 Å². The highest BCUT2D eigenvalue weighted by molar-refractivity contribution is 5.82. The first kappa shape index (κ1) is 24.6. The average Bonchev–Trinajstić information content (AvgIpc) is 2.73. The number of hydrogen-bond donors (Lipinski definition) is 6. The maximum atomic E-state index is 12.2. The van der Waals surface area contributed by atoms with Crippen molar-refractivity contribution < 1.29 is 49.0 Å². The number of aliphatic hydroxyl groups is 4. The molecule has 180 valence electrons. The molecule has 0 bridgehead atoms. The van der Waals surface area contributed by atoms with Crippen molar-refractivity contribution in [2.75, 3.05) is 6.61 Å². The summed E-state index contributed by atoms with van der Waals surface area (Å²) < 4.78 is 16.3. The van der Waals surface area contributed by atoms with Crippen molar-refractivity contribution in [2.45, 2.75) is 56.5 Å². The minimum atomic E-state index is -2.55. The minimum absolute atomic E-state index is 0.0835. The van der Waals surface area contributed by atoms with Gasteiger partial charge in [-0.05, 0) is 24.6 Å². The number of ether oxygens (including phenoxy) is 2. The van der Waals surface area contributed by atoms with Crippen LogP contribution in [-0.4, -0.2) is 80.3 Å². The number of carboxylic acids is 1. The number of hydrogen-bond acceptors (Lipinski definition) is 10. The predicted octanol–water partition coefficient (Wildman–Crippen LogP) is -1.37. The Labute approximate surface area is 187 Å². The van der Waals surface area contributed by atoms with Crippen molar-refractivity contribution in [3.8, 4) is 5.75 Å². The van der Waals surface area contributed by atoms with E-state index in [1.807, 2.05) is 0 Å². The summed E-state index contributed by atoms with van der Waals surface area (Å²) in [6.45, 7) is 1.94. The summed E-state index contributed by atoms with van der Waals surface area (Å²) in [5, 5.41) is 53.0. The summed E-state index contributed by atoms with van der Waals surface area (Å²) in [6, 6.07) is 4.21. The summed E-state index contributed by atoms with van der Waals surface area (Å²) in [5.74, 6) is -4.90. The van der Waals surface area contributed by atoms with Gasteiger partial charge in [-0.2, -0.15) is 0 Å². The standard InChI is InChI=1S/C21H25NO11/c1-9-5-16(27)31-15-6-11(3-4-12(9)15)32-21(20(29)30)7-13(25)17(22-10(2)24)19(33-21)18(28)14(26)8-23/h3-6,13-14,17-19,23,25-26,28H,7-8H2,1-2H3,(H,22,24)(H,29,30)/t13-,14?,17+,18?,19+,21?/m0/s1. The van der Waals surface area contributed by atoms with Crippen LogP contribution in [0.15, 0.2) is 33.5 Å². The molecule has 33 heavy (non-hydrogen) atoms. The van der Waals surface area contributed by atoms with Crippen molar-refractivity contribution >= 4 is 22.8 Å². The van der Waals surface area contributed by atoms with Gasteiger partial charge in [-0.15, -0.1) is 0 Å². The number of aliphatic carboxylic acids is 1. The molecule has 12 nitrogen and oxygen atoms in total. The molecule has 0 aliphatic carbocycles. The molecule has 0 saturated carbocycles. The molecule has 1 aromatic carbocycles. The first-order valence-corrected chi connectivity index (χ1v) is 10.0. The summed E-state index contributed by atoms with van der Waals surface area (Å²) in [7, 11) is 0. The van der Waals surface area contributed by atoms with Crippen molar-refractivity contribution in [1.29, 1.82) is 0 Å². The van der Waals surface area contributed by atoms with E-state index in [9.17, 15) is 39.9 Å². The second-order valence-electron chi connectivity index (χ2n) is 7.89. The monoisotopic (exact) mass is 467 g/mol. The first-order chi connectivity index (χ1) is 15.5. The zero-order valence-corrected chi connectivity index (χ0v) is 17.8. The van der Waals surface area contributed by atoms with Crippen LogP contribution in [-0.2, 0) is 14.3 Å². The number of fused-ring (bicyclic) bond motifs is 1. The van der Waals surface area contributed by atoms with Crippen molar-refractivity contribution in [1.82, 2.24) is 5.32 Å². The number of nitrogens with one attached hydrogen (secondary N) is 1. The van der Waals surface area contributed by atoms with Crippen molar-refractivity contribution in [3.05, 3.63) is 40.2 Å². The normalized spacial score (nSPS) is 27.0. The summed E-state index contributed by atoms with van der Waals surface area (Å²) in [4.78, 5) is 35.5. The zero-order chi connectivity index (χ0) is 24.5. The summed E-state index contributed by atoms with van der Waals surface area (Å²) in [5.41, 5.74) is 0.135. The van der Waals surface area contributed by atoms with Crippen molar-refractivity contribution in [2.24, 2.45) is 0 Å². The van der Waals surface area contributed by atoms with Gasteiger partial charge in [-0.3, -0.25) is 4.79 Å². The SMILES string of the molecule is CC(=O)N[C@@H]1[C@@H](O)CC(Oc2ccc3c(C)cc(=O)oc3c2)(C(=O)O)O[C@H]1C(O)C(O)CO. The van der Waals surface area contributed by atoms with Gasteiger partial charge in [0.1, 0.15) is 29.6 Å². The Balaban J connectivity index is 2.01. The van der Waals surface area contributed by atoms with Crippen LogP contribution in [0.2, 0.25) is 0 Å². The molecule has 1 amide bonds. The number of carboxylic acid groups (broad SMARTS) is 1. The van der Waals surface area contributed by atoms with Gasteiger partial charge >= 0.3 is 17.4 Å². The molecule has 1 aromatic heterocycles. The number of benzene rings is 1. The molecule has 2 aromatic rings.